The molecule has 0 saturated carbocycles. The molecule has 1 saturated heterocycles. The fourth-order valence-corrected chi connectivity index (χ4v) is 1.93. The molecule has 16 heavy (non-hydrogen) atoms. The van der Waals surface area contributed by atoms with E-state index in [4.69, 9.17) is 5.11 Å². The van der Waals surface area contributed by atoms with Crippen LogP contribution in [0.2, 0.25) is 0 Å². The number of aliphatic hydroxyl groups is 1. The molecule has 1 aliphatic rings. The van der Waals surface area contributed by atoms with Gasteiger partial charge in [-0.2, -0.15) is 0 Å². The molecule has 0 radical (unpaired) electrons. The maximum absolute atomic E-state index is 10.7. The van der Waals surface area contributed by atoms with Gasteiger partial charge in [-0.05, 0) is 18.6 Å². The van der Waals surface area contributed by atoms with Gasteiger partial charge in [0.15, 0.2) is 0 Å². The van der Waals surface area contributed by atoms with Crippen LogP contribution in [0.25, 0.3) is 0 Å². The molecule has 2 rings (SSSR count). The van der Waals surface area contributed by atoms with E-state index < -0.39 is 0 Å². The van der Waals surface area contributed by atoms with Gasteiger partial charge < -0.3 is 10.0 Å². The molecule has 1 aromatic rings. The standard InChI is InChI=1S/C11H14N2O3/c1-8-2-10(4-11(3-8)13(15)16)12-5-9(6-12)7-14/h2-4,9,14H,5-7H2,1H3. The summed E-state index contributed by atoms with van der Waals surface area (Å²) in [6, 6.07) is 5.08. The van der Waals surface area contributed by atoms with E-state index in [2.05, 4.69) is 0 Å². The number of aliphatic hydroxyl groups excluding tert-OH is 1. The molecule has 0 unspecified atom stereocenters. The van der Waals surface area contributed by atoms with E-state index in [1.165, 1.54) is 0 Å². The van der Waals surface area contributed by atoms with Crippen molar-refractivity contribution in [2.45, 2.75) is 6.92 Å². The van der Waals surface area contributed by atoms with Crippen LogP contribution in [0, 0.1) is 23.0 Å². The Labute approximate surface area is 93.5 Å². The number of rotatable bonds is 3. The summed E-state index contributed by atoms with van der Waals surface area (Å²) in [7, 11) is 0. The van der Waals surface area contributed by atoms with Crippen LogP contribution < -0.4 is 4.90 Å². The van der Waals surface area contributed by atoms with Crippen molar-refractivity contribution in [2.24, 2.45) is 5.92 Å². The molecular weight excluding hydrogens is 208 g/mol. The molecule has 1 fully saturated rings. The largest absolute Gasteiger partial charge is 0.396 e. The highest BCUT2D eigenvalue weighted by atomic mass is 16.6. The van der Waals surface area contributed by atoms with Crippen LogP contribution in [0.1, 0.15) is 5.56 Å². The molecule has 0 aromatic heterocycles. The average Bonchev–Trinajstić information content (AvgIpc) is 2.15. The molecule has 0 spiro atoms. The van der Waals surface area contributed by atoms with E-state index in [1.807, 2.05) is 17.9 Å². The smallest absolute Gasteiger partial charge is 0.271 e. The van der Waals surface area contributed by atoms with Crippen LogP contribution in [0.15, 0.2) is 18.2 Å². The molecule has 1 N–H and O–H groups in total. The lowest BCUT2D eigenvalue weighted by molar-refractivity contribution is -0.384. The van der Waals surface area contributed by atoms with E-state index in [0.29, 0.717) is 5.92 Å². The molecule has 0 bridgehead atoms. The third-order valence-corrected chi connectivity index (χ3v) is 2.84. The van der Waals surface area contributed by atoms with Gasteiger partial charge in [0.1, 0.15) is 0 Å². The Bertz CT molecular complexity index is 414. The number of non-ortho nitro benzene ring substituents is 1. The van der Waals surface area contributed by atoms with Crippen LogP contribution >= 0.6 is 0 Å². The van der Waals surface area contributed by atoms with Crippen molar-refractivity contribution in [3.8, 4) is 0 Å². The highest BCUT2D eigenvalue weighted by molar-refractivity contribution is 5.57. The first-order valence-electron chi connectivity index (χ1n) is 5.22. The monoisotopic (exact) mass is 222 g/mol. The van der Waals surface area contributed by atoms with Crippen LogP contribution in [0.4, 0.5) is 11.4 Å². The third-order valence-electron chi connectivity index (χ3n) is 2.84. The quantitative estimate of drug-likeness (QED) is 0.619. The van der Waals surface area contributed by atoms with Gasteiger partial charge in [0.05, 0.1) is 4.92 Å². The number of nitrogens with zero attached hydrogens (tertiary/aromatic N) is 2. The van der Waals surface area contributed by atoms with Gasteiger partial charge in [0.2, 0.25) is 0 Å². The van der Waals surface area contributed by atoms with E-state index in [0.717, 1.165) is 24.3 Å². The molecule has 5 nitrogen and oxygen atoms in total. The first kappa shape index (κ1) is 10.9. The molecule has 0 amide bonds. The summed E-state index contributed by atoms with van der Waals surface area (Å²) in [6.07, 6.45) is 0. The summed E-state index contributed by atoms with van der Waals surface area (Å²) in [4.78, 5) is 12.4. The second kappa shape index (κ2) is 4.09. The maximum Gasteiger partial charge on any atom is 0.271 e. The number of aryl methyl sites for hydroxylation is 1. The first-order valence-corrected chi connectivity index (χ1v) is 5.22. The maximum atomic E-state index is 10.7. The molecule has 86 valence electrons. The van der Waals surface area contributed by atoms with Gasteiger partial charge >= 0.3 is 0 Å². The van der Waals surface area contributed by atoms with Gasteiger partial charge in [-0.1, -0.05) is 0 Å². The minimum absolute atomic E-state index is 0.127. The molecule has 1 heterocycles. The minimum Gasteiger partial charge on any atom is -0.396 e. The second-order valence-corrected chi connectivity index (χ2v) is 4.24. The van der Waals surface area contributed by atoms with E-state index in [9.17, 15) is 10.1 Å². The van der Waals surface area contributed by atoms with Gasteiger partial charge in [0, 0.05) is 43.4 Å². The summed E-state index contributed by atoms with van der Waals surface area (Å²) in [6.45, 7) is 3.58. The van der Waals surface area contributed by atoms with Crippen molar-refractivity contribution in [3.05, 3.63) is 33.9 Å². The summed E-state index contributed by atoms with van der Waals surface area (Å²) in [5.74, 6) is 0.305. The van der Waals surface area contributed by atoms with Gasteiger partial charge in [-0.3, -0.25) is 10.1 Å². The fraction of sp³-hybridized carbons (Fsp3) is 0.455. The van der Waals surface area contributed by atoms with E-state index in [-0.39, 0.29) is 17.2 Å². The zero-order valence-corrected chi connectivity index (χ0v) is 9.09. The Morgan fingerprint density at radius 3 is 2.75 bits per heavy atom. The highest BCUT2D eigenvalue weighted by Gasteiger charge is 2.27. The topological polar surface area (TPSA) is 66.6 Å². The fourth-order valence-electron chi connectivity index (χ4n) is 1.93. The Morgan fingerprint density at radius 1 is 1.50 bits per heavy atom. The van der Waals surface area contributed by atoms with Gasteiger partial charge in [-0.25, -0.2) is 0 Å². The van der Waals surface area contributed by atoms with Crippen LogP contribution in [-0.2, 0) is 0 Å². The summed E-state index contributed by atoms with van der Waals surface area (Å²) < 4.78 is 0. The van der Waals surface area contributed by atoms with E-state index in [1.54, 1.807) is 12.1 Å². The number of hydrogen-bond donors (Lipinski definition) is 1. The molecular formula is C11H14N2O3. The second-order valence-electron chi connectivity index (χ2n) is 4.24. The lowest BCUT2D eigenvalue weighted by Crippen LogP contribution is -2.48. The predicted molar refractivity (Wildman–Crippen MR) is 60.6 cm³/mol. The zero-order chi connectivity index (χ0) is 11.7. The zero-order valence-electron chi connectivity index (χ0n) is 9.09. The molecule has 1 aliphatic heterocycles. The minimum atomic E-state index is -0.375. The Hall–Kier alpha value is -1.62. The number of anilines is 1. The first-order chi connectivity index (χ1) is 7.60. The number of benzene rings is 1. The van der Waals surface area contributed by atoms with Crippen LogP contribution in [-0.4, -0.2) is 29.7 Å². The van der Waals surface area contributed by atoms with Crippen molar-refractivity contribution in [1.82, 2.24) is 0 Å². The van der Waals surface area contributed by atoms with E-state index >= 15 is 0 Å². The van der Waals surface area contributed by atoms with Crippen molar-refractivity contribution in [2.75, 3.05) is 24.6 Å². The van der Waals surface area contributed by atoms with Crippen LogP contribution in [0.3, 0.4) is 0 Å². The molecule has 0 aliphatic carbocycles. The summed E-state index contributed by atoms with van der Waals surface area (Å²) in [5, 5.41) is 19.6. The number of nitro groups is 1. The highest BCUT2D eigenvalue weighted by Crippen LogP contribution is 2.28. The van der Waals surface area contributed by atoms with Crippen LogP contribution in [0.5, 0.6) is 0 Å². The molecule has 0 atom stereocenters. The number of nitro benzene ring substituents is 1. The molecule has 5 heteroatoms. The van der Waals surface area contributed by atoms with Crippen molar-refractivity contribution in [3.63, 3.8) is 0 Å². The lowest BCUT2D eigenvalue weighted by atomic mass is 10.00. The summed E-state index contributed by atoms with van der Waals surface area (Å²) >= 11 is 0. The number of hydrogen-bond acceptors (Lipinski definition) is 4. The average molecular weight is 222 g/mol. The Morgan fingerprint density at radius 2 is 2.19 bits per heavy atom. The normalized spacial score (nSPS) is 16.0. The third kappa shape index (κ3) is 1.99. The van der Waals surface area contributed by atoms with Gasteiger partial charge in [0.25, 0.3) is 5.69 Å². The van der Waals surface area contributed by atoms with Crippen molar-refractivity contribution in [1.29, 1.82) is 0 Å². The Kier molecular flexibility index (Phi) is 2.78. The Balaban J connectivity index is 2.19. The molecule has 1 aromatic carbocycles. The van der Waals surface area contributed by atoms with Crippen molar-refractivity contribution >= 4 is 11.4 Å². The lowest BCUT2D eigenvalue weighted by Gasteiger charge is -2.40. The predicted octanol–water partition coefficient (Wildman–Crippen LogP) is 1.33. The SMILES string of the molecule is Cc1cc(N2CC(CO)C2)cc([N+](=O)[O-])c1. The van der Waals surface area contributed by atoms with Gasteiger partial charge in [-0.15, -0.1) is 0 Å². The van der Waals surface area contributed by atoms with Crippen molar-refractivity contribution < 1.29 is 10.0 Å². The summed E-state index contributed by atoms with van der Waals surface area (Å²) in [5.41, 5.74) is 1.88.